The molecule has 2 heterocycles. The Morgan fingerprint density at radius 2 is 2.17 bits per heavy atom. The van der Waals surface area contributed by atoms with Gasteiger partial charge in [-0.15, -0.1) is 0 Å². The minimum absolute atomic E-state index is 0.137. The summed E-state index contributed by atoms with van der Waals surface area (Å²) < 4.78 is 34.4. The molecule has 1 fully saturated rings. The summed E-state index contributed by atoms with van der Waals surface area (Å²) in [4.78, 5) is 6.29. The summed E-state index contributed by atoms with van der Waals surface area (Å²) in [5.74, 6) is 2.32. The topological polar surface area (TPSA) is 80.2 Å². The lowest BCUT2D eigenvalue weighted by molar-refractivity contribution is 0.173. The monoisotopic (exact) mass is 353 g/mol. The molecular formula is C16H23N3O4S. The molecule has 0 atom stereocenters. The molecule has 0 amide bonds. The largest absolute Gasteiger partial charge is 0.454 e. The van der Waals surface area contributed by atoms with Gasteiger partial charge < -0.3 is 19.7 Å². The van der Waals surface area contributed by atoms with Crippen molar-refractivity contribution in [3.05, 3.63) is 23.8 Å². The van der Waals surface area contributed by atoms with Gasteiger partial charge in [0.2, 0.25) is 6.79 Å². The number of ether oxygens (including phenoxy) is 2. The van der Waals surface area contributed by atoms with Crippen molar-refractivity contribution >= 4 is 15.8 Å². The van der Waals surface area contributed by atoms with Gasteiger partial charge in [0.15, 0.2) is 27.3 Å². The van der Waals surface area contributed by atoms with Gasteiger partial charge in [-0.3, -0.25) is 4.99 Å². The Morgan fingerprint density at radius 3 is 2.88 bits per heavy atom. The maximum Gasteiger partial charge on any atom is 0.231 e. The molecule has 132 valence electrons. The number of hydrogen-bond donors (Lipinski definition) is 1. The summed E-state index contributed by atoms with van der Waals surface area (Å²) in [5.41, 5.74) is 0.982. The molecule has 7 nitrogen and oxygen atoms in total. The van der Waals surface area contributed by atoms with Crippen molar-refractivity contribution in [3.8, 4) is 11.5 Å². The molecular weight excluding hydrogens is 330 g/mol. The van der Waals surface area contributed by atoms with Gasteiger partial charge in [-0.1, -0.05) is 12.1 Å². The van der Waals surface area contributed by atoms with Crippen LogP contribution in [0.2, 0.25) is 0 Å². The fraction of sp³-hybridized carbons (Fsp3) is 0.562. The molecule has 2 aliphatic heterocycles. The van der Waals surface area contributed by atoms with E-state index in [1.165, 1.54) is 0 Å². The predicted molar refractivity (Wildman–Crippen MR) is 92.2 cm³/mol. The van der Waals surface area contributed by atoms with Gasteiger partial charge in [-0.25, -0.2) is 8.42 Å². The predicted octanol–water partition coefficient (Wildman–Crippen LogP) is 1.000. The summed E-state index contributed by atoms with van der Waals surface area (Å²) in [7, 11) is -1.37. The van der Waals surface area contributed by atoms with E-state index in [0.717, 1.165) is 17.1 Å². The number of benzene rings is 1. The highest BCUT2D eigenvalue weighted by molar-refractivity contribution is 7.92. The number of fused-ring (bicyclic) bond motifs is 1. The molecule has 0 saturated carbocycles. The Morgan fingerprint density at radius 1 is 1.38 bits per heavy atom. The minimum atomic E-state index is -3.07. The van der Waals surface area contributed by atoms with Crippen molar-refractivity contribution in [2.24, 2.45) is 4.99 Å². The SMILES string of the molecule is CN=C(NCc1cccc2c1OCO2)N1CCS(=O)(=O)C(C)(C)C1. The van der Waals surface area contributed by atoms with E-state index in [0.29, 0.717) is 25.6 Å². The van der Waals surface area contributed by atoms with E-state index in [9.17, 15) is 8.42 Å². The lowest BCUT2D eigenvalue weighted by Gasteiger charge is -2.39. The van der Waals surface area contributed by atoms with E-state index in [1.807, 2.05) is 23.1 Å². The molecule has 24 heavy (non-hydrogen) atoms. The molecule has 1 aromatic rings. The number of nitrogens with one attached hydrogen (secondary N) is 1. The van der Waals surface area contributed by atoms with Crippen LogP contribution in [0.4, 0.5) is 0 Å². The number of sulfone groups is 1. The van der Waals surface area contributed by atoms with Crippen molar-refractivity contribution in [2.45, 2.75) is 25.1 Å². The van der Waals surface area contributed by atoms with Crippen LogP contribution < -0.4 is 14.8 Å². The van der Waals surface area contributed by atoms with Gasteiger partial charge in [0, 0.05) is 32.2 Å². The van der Waals surface area contributed by atoms with Crippen LogP contribution in [0, 0.1) is 0 Å². The number of hydrogen-bond acceptors (Lipinski definition) is 5. The summed E-state index contributed by atoms with van der Waals surface area (Å²) in [6, 6.07) is 5.76. The highest BCUT2D eigenvalue weighted by Gasteiger charge is 2.40. The maximum atomic E-state index is 12.1. The third-order valence-corrected chi connectivity index (χ3v) is 7.00. The van der Waals surface area contributed by atoms with Gasteiger partial charge in [0.25, 0.3) is 0 Å². The summed E-state index contributed by atoms with van der Waals surface area (Å²) >= 11 is 0. The Balaban J connectivity index is 1.70. The normalized spacial score (nSPS) is 21.6. The molecule has 0 unspecified atom stereocenters. The molecule has 3 rings (SSSR count). The van der Waals surface area contributed by atoms with Gasteiger partial charge in [0.05, 0.1) is 10.5 Å². The fourth-order valence-electron chi connectivity index (χ4n) is 2.96. The number of rotatable bonds is 2. The van der Waals surface area contributed by atoms with Gasteiger partial charge >= 0.3 is 0 Å². The standard InChI is InChI=1S/C16H23N3O4S/c1-16(2)10-19(7-8-24(16,20)21)15(17-3)18-9-12-5-4-6-13-14(12)23-11-22-13/h4-6H,7-11H2,1-3H3,(H,17,18). The average molecular weight is 353 g/mol. The molecule has 1 N–H and O–H groups in total. The molecule has 0 aliphatic carbocycles. The molecule has 1 aromatic carbocycles. The Labute approximate surface area is 142 Å². The second kappa shape index (κ2) is 6.16. The lowest BCUT2D eigenvalue weighted by Crippen LogP contribution is -2.57. The first-order chi connectivity index (χ1) is 11.3. The van der Waals surface area contributed by atoms with Crippen LogP contribution in [-0.2, 0) is 16.4 Å². The van der Waals surface area contributed by atoms with Crippen LogP contribution in [0.3, 0.4) is 0 Å². The van der Waals surface area contributed by atoms with Crippen LogP contribution >= 0.6 is 0 Å². The van der Waals surface area contributed by atoms with Crippen molar-refractivity contribution in [3.63, 3.8) is 0 Å². The third-order valence-electron chi connectivity index (χ3n) is 4.47. The summed E-state index contributed by atoms with van der Waals surface area (Å²) in [6.07, 6.45) is 0. The van der Waals surface area contributed by atoms with E-state index in [2.05, 4.69) is 10.3 Å². The van der Waals surface area contributed by atoms with Crippen LogP contribution in [0.25, 0.3) is 0 Å². The number of aliphatic imine (C=N–C) groups is 1. The molecule has 2 aliphatic rings. The smallest absolute Gasteiger partial charge is 0.231 e. The first-order valence-electron chi connectivity index (χ1n) is 7.89. The Kier molecular flexibility index (Phi) is 4.33. The van der Waals surface area contributed by atoms with Gasteiger partial charge in [0.1, 0.15) is 0 Å². The highest BCUT2D eigenvalue weighted by atomic mass is 32.2. The second-order valence-electron chi connectivity index (χ2n) is 6.55. The zero-order chi connectivity index (χ0) is 17.4. The van der Waals surface area contributed by atoms with Crippen LogP contribution in [0.5, 0.6) is 11.5 Å². The van der Waals surface area contributed by atoms with Crippen LogP contribution in [0.1, 0.15) is 19.4 Å². The van der Waals surface area contributed by atoms with E-state index >= 15 is 0 Å². The number of guanidine groups is 1. The van der Waals surface area contributed by atoms with Gasteiger partial charge in [-0.05, 0) is 19.9 Å². The minimum Gasteiger partial charge on any atom is -0.454 e. The molecule has 0 radical (unpaired) electrons. The quantitative estimate of drug-likeness (QED) is 0.631. The number of para-hydroxylation sites is 1. The molecule has 0 bridgehead atoms. The van der Waals surface area contributed by atoms with Crippen LogP contribution in [0.15, 0.2) is 23.2 Å². The van der Waals surface area contributed by atoms with Crippen LogP contribution in [-0.4, -0.2) is 56.7 Å². The first kappa shape index (κ1) is 16.9. The third kappa shape index (κ3) is 3.02. The van der Waals surface area contributed by atoms with E-state index in [4.69, 9.17) is 9.47 Å². The first-order valence-corrected chi connectivity index (χ1v) is 9.55. The van der Waals surface area contributed by atoms with E-state index < -0.39 is 14.6 Å². The van der Waals surface area contributed by atoms with Crippen molar-refractivity contribution in [2.75, 3.05) is 32.7 Å². The van der Waals surface area contributed by atoms with Gasteiger partial charge in [-0.2, -0.15) is 0 Å². The Bertz CT molecular complexity index is 759. The average Bonchev–Trinajstić information content (AvgIpc) is 3.00. The molecule has 0 aromatic heterocycles. The molecule has 8 heteroatoms. The zero-order valence-electron chi connectivity index (χ0n) is 14.2. The highest BCUT2D eigenvalue weighted by Crippen LogP contribution is 2.35. The summed E-state index contributed by atoms with van der Waals surface area (Å²) in [5, 5.41) is 3.30. The molecule has 1 saturated heterocycles. The van der Waals surface area contributed by atoms with E-state index in [1.54, 1.807) is 20.9 Å². The van der Waals surface area contributed by atoms with Crippen molar-refractivity contribution < 1.29 is 17.9 Å². The lowest BCUT2D eigenvalue weighted by atomic mass is 10.2. The number of nitrogens with zero attached hydrogens (tertiary/aromatic N) is 2. The summed E-state index contributed by atoms with van der Waals surface area (Å²) in [6.45, 7) is 5.15. The van der Waals surface area contributed by atoms with E-state index in [-0.39, 0.29) is 12.5 Å². The molecule has 0 spiro atoms. The Hall–Kier alpha value is -1.96. The van der Waals surface area contributed by atoms with Crippen molar-refractivity contribution in [1.29, 1.82) is 0 Å². The fourth-order valence-corrected chi connectivity index (χ4v) is 4.33. The second-order valence-corrected chi connectivity index (χ2v) is 9.29. The zero-order valence-corrected chi connectivity index (χ0v) is 15.0. The maximum absolute atomic E-state index is 12.1. The van der Waals surface area contributed by atoms with Crippen molar-refractivity contribution in [1.82, 2.24) is 10.2 Å².